The Morgan fingerprint density at radius 3 is 2.75 bits per heavy atom. The Morgan fingerprint density at radius 1 is 1.19 bits per heavy atom. The van der Waals surface area contributed by atoms with Crippen molar-refractivity contribution in [1.82, 2.24) is 9.97 Å². The Bertz CT molecular complexity index is 1090. The van der Waals surface area contributed by atoms with E-state index in [0.717, 1.165) is 53.7 Å². The van der Waals surface area contributed by atoms with Crippen molar-refractivity contribution in [2.45, 2.75) is 59.4 Å². The van der Waals surface area contributed by atoms with E-state index in [1.165, 1.54) is 5.56 Å². The molecule has 2 aromatic carbocycles. The predicted octanol–water partition coefficient (Wildman–Crippen LogP) is 6.42. The maximum absolute atomic E-state index is 12.6. The van der Waals surface area contributed by atoms with E-state index >= 15 is 0 Å². The number of carbonyl (C=O) groups excluding carboxylic acids is 1. The van der Waals surface area contributed by atoms with Gasteiger partial charge in [0, 0.05) is 0 Å². The van der Waals surface area contributed by atoms with Crippen molar-refractivity contribution in [1.29, 1.82) is 0 Å². The molecule has 0 bridgehead atoms. The highest BCUT2D eigenvalue weighted by Crippen LogP contribution is 2.37. The van der Waals surface area contributed by atoms with Gasteiger partial charge < -0.3 is 14.5 Å². The maximum Gasteiger partial charge on any atom is 0.415 e. The first-order valence-electron chi connectivity index (χ1n) is 11.6. The maximum atomic E-state index is 12.6. The summed E-state index contributed by atoms with van der Waals surface area (Å²) in [6.45, 7) is 9.98. The molecule has 2 heterocycles. The van der Waals surface area contributed by atoms with Crippen LogP contribution in [0.3, 0.4) is 0 Å². The molecule has 1 aliphatic rings. The SMILES string of the molecule is CCc1cc(OCCC(C)(CC)CC)ccc1[C@H]1COC(=O)N1c1ccc2nc[nH]c2c1. The molecular weight excluding hydrogens is 402 g/mol. The molecule has 1 fully saturated rings. The average Bonchev–Trinajstić information content (AvgIpc) is 3.44. The number of nitrogens with zero attached hydrogens (tertiary/aromatic N) is 2. The van der Waals surface area contributed by atoms with Gasteiger partial charge in [-0.05, 0) is 59.7 Å². The lowest BCUT2D eigenvalue weighted by Gasteiger charge is -2.27. The van der Waals surface area contributed by atoms with Gasteiger partial charge >= 0.3 is 6.09 Å². The number of carbonyl (C=O) groups is 1. The first-order valence-corrected chi connectivity index (χ1v) is 11.6. The van der Waals surface area contributed by atoms with Crippen molar-refractivity contribution in [3.63, 3.8) is 0 Å². The van der Waals surface area contributed by atoms with Gasteiger partial charge in [0.05, 0.1) is 35.7 Å². The van der Waals surface area contributed by atoms with E-state index in [-0.39, 0.29) is 12.1 Å². The third-order valence-electron chi connectivity index (χ3n) is 7.09. The van der Waals surface area contributed by atoms with Gasteiger partial charge in [-0.1, -0.05) is 46.6 Å². The summed E-state index contributed by atoms with van der Waals surface area (Å²) < 4.78 is 11.6. The number of hydrogen-bond donors (Lipinski definition) is 1. The zero-order chi connectivity index (χ0) is 22.7. The summed E-state index contributed by atoms with van der Waals surface area (Å²) in [5, 5.41) is 0. The predicted molar refractivity (Wildman–Crippen MR) is 127 cm³/mol. The molecule has 0 radical (unpaired) electrons. The Hall–Kier alpha value is -3.02. The zero-order valence-corrected chi connectivity index (χ0v) is 19.5. The lowest BCUT2D eigenvalue weighted by atomic mass is 9.82. The van der Waals surface area contributed by atoms with Crippen LogP contribution in [-0.2, 0) is 11.2 Å². The summed E-state index contributed by atoms with van der Waals surface area (Å²) in [6.07, 6.45) is 5.54. The van der Waals surface area contributed by atoms with Crippen LogP contribution in [0.1, 0.15) is 64.1 Å². The quantitative estimate of drug-likeness (QED) is 0.421. The number of aromatic amines is 1. The van der Waals surface area contributed by atoms with E-state index < -0.39 is 0 Å². The number of amides is 1. The molecule has 170 valence electrons. The lowest BCUT2D eigenvalue weighted by molar-refractivity contribution is 0.179. The van der Waals surface area contributed by atoms with Crippen LogP contribution in [0.5, 0.6) is 5.75 Å². The van der Waals surface area contributed by atoms with Crippen molar-refractivity contribution < 1.29 is 14.3 Å². The highest BCUT2D eigenvalue weighted by Gasteiger charge is 2.36. The number of H-pyrrole nitrogens is 1. The van der Waals surface area contributed by atoms with E-state index in [1.54, 1.807) is 11.2 Å². The number of anilines is 1. The fourth-order valence-corrected chi connectivity index (χ4v) is 4.33. The van der Waals surface area contributed by atoms with Crippen molar-refractivity contribution >= 4 is 22.8 Å². The molecule has 0 spiro atoms. The standard InChI is InChI=1S/C26H33N3O3/c1-5-18-14-20(31-13-12-26(4,6-2)7-3)9-10-21(18)24-16-32-25(30)29(24)19-8-11-22-23(15-19)28-17-27-22/h8-11,14-15,17,24H,5-7,12-13,16H2,1-4H3,(H,27,28)/t24-/m1/s1. The van der Waals surface area contributed by atoms with Crippen LogP contribution in [0.15, 0.2) is 42.7 Å². The van der Waals surface area contributed by atoms with Crippen molar-refractivity contribution in [2.24, 2.45) is 5.41 Å². The molecule has 32 heavy (non-hydrogen) atoms. The second kappa shape index (κ2) is 9.23. The van der Waals surface area contributed by atoms with Crippen LogP contribution in [0.25, 0.3) is 11.0 Å². The molecule has 0 unspecified atom stereocenters. The lowest BCUT2D eigenvalue weighted by Crippen LogP contribution is -2.27. The molecule has 1 saturated heterocycles. The summed E-state index contributed by atoms with van der Waals surface area (Å²) in [6, 6.07) is 11.8. The average molecular weight is 436 g/mol. The van der Waals surface area contributed by atoms with Gasteiger partial charge in [0.15, 0.2) is 0 Å². The summed E-state index contributed by atoms with van der Waals surface area (Å²) in [5.74, 6) is 0.885. The number of cyclic esters (lactones) is 1. The molecule has 1 aliphatic heterocycles. The van der Waals surface area contributed by atoms with Crippen LogP contribution in [0.4, 0.5) is 10.5 Å². The van der Waals surface area contributed by atoms with Gasteiger partial charge in [0.25, 0.3) is 0 Å². The number of fused-ring (bicyclic) bond motifs is 1. The van der Waals surface area contributed by atoms with E-state index in [2.05, 4.69) is 49.8 Å². The highest BCUT2D eigenvalue weighted by atomic mass is 16.6. The normalized spacial score (nSPS) is 16.6. The van der Waals surface area contributed by atoms with E-state index in [1.807, 2.05) is 24.3 Å². The number of nitrogens with one attached hydrogen (secondary N) is 1. The number of benzene rings is 2. The summed E-state index contributed by atoms with van der Waals surface area (Å²) in [5.41, 5.74) is 5.16. The number of imidazole rings is 1. The molecular formula is C26H33N3O3. The minimum absolute atomic E-state index is 0.171. The van der Waals surface area contributed by atoms with E-state index in [4.69, 9.17) is 9.47 Å². The highest BCUT2D eigenvalue weighted by molar-refractivity contribution is 5.93. The fraction of sp³-hybridized carbons (Fsp3) is 0.462. The minimum atomic E-state index is -0.324. The summed E-state index contributed by atoms with van der Waals surface area (Å²) >= 11 is 0. The third kappa shape index (κ3) is 4.31. The van der Waals surface area contributed by atoms with Gasteiger partial charge in [-0.3, -0.25) is 4.90 Å². The monoisotopic (exact) mass is 435 g/mol. The molecule has 6 nitrogen and oxygen atoms in total. The molecule has 1 amide bonds. The summed E-state index contributed by atoms with van der Waals surface area (Å²) in [7, 11) is 0. The Kier molecular flexibility index (Phi) is 6.40. The Morgan fingerprint density at radius 2 is 2.00 bits per heavy atom. The van der Waals surface area contributed by atoms with E-state index in [9.17, 15) is 4.79 Å². The number of rotatable bonds is 9. The first kappa shape index (κ1) is 22.2. The van der Waals surface area contributed by atoms with Crippen molar-refractivity contribution in [3.05, 3.63) is 53.9 Å². The zero-order valence-electron chi connectivity index (χ0n) is 19.5. The topological polar surface area (TPSA) is 67.5 Å². The number of hydrogen-bond acceptors (Lipinski definition) is 4. The van der Waals surface area contributed by atoms with Crippen LogP contribution >= 0.6 is 0 Å². The van der Waals surface area contributed by atoms with Crippen LogP contribution in [-0.4, -0.2) is 29.3 Å². The summed E-state index contributed by atoms with van der Waals surface area (Å²) in [4.78, 5) is 21.8. The molecule has 1 aromatic heterocycles. The minimum Gasteiger partial charge on any atom is -0.494 e. The Labute approximate surface area is 189 Å². The van der Waals surface area contributed by atoms with Crippen molar-refractivity contribution in [3.8, 4) is 5.75 Å². The number of aryl methyl sites for hydroxylation is 1. The number of ether oxygens (including phenoxy) is 2. The smallest absolute Gasteiger partial charge is 0.415 e. The molecule has 3 aromatic rings. The molecule has 1 N–H and O–H groups in total. The molecule has 4 rings (SSSR count). The molecule has 0 aliphatic carbocycles. The van der Waals surface area contributed by atoms with Crippen LogP contribution in [0, 0.1) is 5.41 Å². The molecule has 1 atom stereocenters. The van der Waals surface area contributed by atoms with Gasteiger partial charge in [-0.15, -0.1) is 0 Å². The van der Waals surface area contributed by atoms with Crippen LogP contribution in [0.2, 0.25) is 0 Å². The molecule has 0 saturated carbocycles. The van der Waals surface area contributed by atoms with Crippen LogP contribution < -0.4 is 9.64 Å². The van der Waals surface area contributed by atoms with Gasteiger partial charge in [-0.25, -0.2) is 9.78 Å². The van der Waals surface area contributed by atoms with Gasteiger partial charge in [0.2, 0.25) is 0 Å². The molecule has 6 heteroatoms. The van der Waals surface area contributed by atoms with Gasteiger partial charge in [-0.2, -0.15) is 0 Å². The van der Waals surface area contributed by atoms with Gasteiger partial charge in [0.1, 0.15) is 12.4 Å². The fourth-order valence-electron chi connectivity index (χ4n) is 4.33. The van der Waals surface area contributed by atoms with E-state index in [0.29, 0.717) is 18.6 Å². The Balaban J connectivity index is 1.55. The largest absolute Gasteiger partial charge is 0.494 e. The number of aromatic nitrogens is 2. The van der Waals surface area contributed by atoms with Crippen molar-refractivity contribution in [2.75, 3.05) is 18.1 Å². The first-order chi connectivity index (χ1) is 15.5. The third-order valence-corrected chi connectivity index (χ3v) is 7.09. The second-order valence-corrected chi connectivity index (χ2v) is 8.90. The second-order valence-electron chi connectivity index (χ2n) is 8.90.